The average Bonchev–Trinajstić information content (AvgIpc) is 2.75. The number of carbonyl (C=O) groups excluding carboxylic acids is 2. The molecule has 2 rings (SSSR count). The van der Waals surface area contributed by atoms with Crippen molar-refractivity contribution < 1.29 is 23.8 Å². The van der Waals surface area contributed by atoms with Crippen LogP contribution < -0.4 is 14.8 Å². The molecule has 28 heavy (non-hydrogen) atoms. The Hall–Kier alpha value is -3.02. The summed E-state index contributed by atoms with van der Waals surface area (Å²) in [6.07, 6.45) is 0.732. The fourth-order valence-electron chi connectivity index (χ4n) is 2.68. The number of nitrogens with one attached hydrogen (secondary N) is 1. The minimum Gasteiger partial charge on any atom is -0.493 e. The van der Waals surface area contributed by atoms with Gasteiger partial charge in [0.05, 0.1) is 14.2 Å². The van der Waals surface area contributed by atoms with Gasteiger partial charge in [0, 0.05) is 5.56 Å². The summed E-state index contributed by atoms with van der Waals surface area (Å²) in [6, 6.07) is 14.0. The van der Waals surface area contributed by atoms with E-state index in [-0.39, 0.29) is 11.8 Å². The first-order valence-electron chi connectivity index (χ1n) is 9.23. The molecule has 0 aliphatic rings. The van der Waals surface area contributed by atoms with Gasteiger partial charge in [0.15, 0.2) is 11.5 Å². The highest BCUT2D eigenvalue weighted by atomic mass is 16.5. The van der Waals surface area contributed by atoms with Crippen molar-refractivity contribution >= 4 is 11.9 Å². The molecule has 0 heterocycles. The molecule has 6 heteroatoms. The summed E-state index contributed by atoms with van der Waals surface area (Å²) in [4.78, 5) is 24.6. The molecule has 0 bridgehead atoms. The largest absolute Gasteiger partial charge is 0.493 e. The van der Waals surface area contributed by atoms with Crippen LogP contribution in [0.5, 0.6) is 11.5 Å². The molecule has 1 amide bonds. The molecule has 0 spiro atoms. The molecule has 0 aromatic heterocycles. The number of hydrogen-bond acceptors (Lipinski definition) is 5. The molecule has 6 nitrogen and oxygen atoms in total. The van der Waals surface area contributed by atoms with Gasteiger partial charge >= 0.3 is 5.97 Å². The predicted molar refractivity (Wildman–Crippen MR) is 106 cm³/mol. The smallest absolute Gasteiger partial charge is 0.328 e. The number of hydrogen-bond donors (Lipinski definition) is 1. The molecule has 1 N–H and O–H groups in total. The van der Waals surface area contributed by atoms with Crippen LogP contribution >= 0.6 is 0 Å². The van der Waals surface area contributed by atoms with E-state index >= 15 is 0 Å². The molecule has 0 unspecified atom stereocenters. The lowest BCUT2D eigenvalue weighted by atomic mass is 9.99. The lowest BCUT2D eigenvalue weighted by Crippen LogP contribution is -2.45. The van der Waals surface area contributed by atoms with E-state index in [1.54, 1.807) is 18.2 Å². The van der Waals surface area contributed by atoms with Crippen LogP contribution in [0.4, 0.5) is 0 Å². The van der Waals surface area contributed by atoms with Gasteiger partial charge in [-0.3, -0.25) is 4.79 Å². The van der Waals surface area contributed by atoms with Crippen molar-refractivity contribution in [2.24, 2.45) is 5.92 Å². The normalized spacial score (nSPS) is 12.6. The zero-order valence-corrected chi connectivity index (χ0v) is 16.7. The quantitative estimate of drug-likeness (QED) is 0.668. The third-order valence-corrected chi connectivity index (χ3v) is 4.62. The van der Waals surface area contributed by atoms with Gasteiger partial charge < -0.3 is 19.5 Å². The number of rotatable bonds is 9. The first kappa shape index (κ1) is 21.3. The van der Waals surface area contributed by atoms with Crippen molar-refractivity contribution in [3.05, 3.63) is 59.7 Å². The van der Waals surface area contributed by atoms with Gasteiger partial charge in [-0.2, -0.15) is 0 Å². The Balaban J connectivity index is 2.12. The van der Waals surface area contributed by atoms with E-state index in [2.05, 4.69) is 5.32 Å². The predicted octanol–water partition coefficient (Wildman–Crippen LogP) is 3.59. The molecule has 150 valence electrons. The van der Waals surface area contributed by atoms with Crippen molar-refractivity contribution in [3.63, 3.8) is 0 Å². The SMILES string of the molecule is CC[C@H](C)[C@@H](NC(=O)c1ccc(OCc2ccccc2)c(OC)c1)C(=O)OC. The molecule has 0 saturated carbocycles. The lowest BCUT2D eigenvalue weighted by molar-refractivity contribution is -0.144. The molecule has 0 aliphatic heterocycles. The second kappa shape index (κ2) is 10.3. The van der Waals surface area contributed by atoms with Crippen molar-refractivity contribution in [3.8, 4) is 11.5 Å². The standard InChI is InChI=1S/C22H27NO5/c1-5-15(2)20(22(25)27-4)23-21(24)17-11-12-18(19(13-17)26-3)28-14-16-9-7-6-8-10-16/h6-13,15,20H,5,14H2,1-4H3,(H,23,24)/t15-,20+/m0/s1. The minimum atomic E-state index is -0.706. The van der Waals surface area contributed by atoms with Gasteiger partial charge in [-0.05, 0) is 29.7 Å². The second-order valence-electron chi connectivity index (χ2n) is 6.50. The van der Waals surface area contributed by atoms with Crippen molar-refractivity contribution in [2.75, 3.05) is 14.2 Å². The molecule has 2 aromatic rings. The Bertz CT molecular complexity index is 791. The Labute approximate surface area is 165 Å². The van der Waals surface area contributed by atoms with E-state index in [1.807, 2.05) is 44.2 Å². The first-order chi connectivity index (χ1) is 13.5. The van der Waals surface area contributed by atoms with E-state index in [0.29, 0.717) is 23.7 Å². The second-order valence-corrected chi connectivity index (χ2v) is 6.50. The molecular weight excluding hydrogens is 358 g/mol. The van der Waals surface area contributed by atoms with Gasteiger partial charge in [-0.25, -0.2) is 4.79 Å². The third-order valence-electron chi connectivity index (χ3n) is 4.62. The summed E-state index contributed by atoms with van der Waals surface area (Å²) in [5.74, 6) is 0.101. The van der Waals surface area contributed by atoms with Crippen molar-refractivity contribution in [2.45, 2.75) is 32.9 Å². The summed E-state index contributed by atoms with van der Waals surface area (Å²) in [5, 5.41) is 2.75. The Morgan fingerprint density at radius 2 is 1.75 bits per heavy atom. The van der Waals surface area contributed by atoms with E-state index in [0.717, 1.165) is 12.0 Å². The summed E-state index contributed by atoms with van der Waals surface area (Å²) in [5.41, 5.74) is 1.40. The third kappa shape index (κ3) is 5.49. The Morgan fingerprint density at radius 3 is 2.36 bits per heavy atom. The van der Waals surface area contributed by atoms with E-state index in [9.17, 15) is 9.59 Å². The Morgan fingerprint density at radius 1 is 1.04 bits per heavy atom. The highest BCUT2D eigenvalue weighted by Gasteiger charge is 2.27. The number of methoxy groups -OCH3 is 2. The van der Waals surface area contributed by atoms with Crippen LogP contribution in [0.3, 0.4) is 0 Å². The van der Waals surface area contributed by atoms with Gasteiger partial charge in [-0.15, -0.1) is 0 Å². The number of amides is 1. The Kier molecular flexibility index (Phi) is 7.87. The van der Waals surface area contributed by atoms with Crippen LogP contribution in [-0.4, -0.2) is 32.1 Å². The highest BCUT2D eigenvalue weighted by molar-refractivity contribution is 5.97. The van der Waals surface area contributed by atoms with Gasteiger partial charge in [0.25, 0.3) is 5.91 Å². The highest BCUT2D eigenvalue weighted by Crippen LogP contribution is 2.29. The number of benzene rings is 2. The maximum absolute atomic E-state index is 12.6. The fraction of sp³-hybridized carbons (Fsp3) is 0.364. The van der Waals surface area contributed by atoms with E-state index in [1.165, 1.54) is 14.2 Å². The average molecular weight is 385 g/mol. The van der Waals surface area contributed by atoms with Gasteiger partial charge in [0.1, 0.15) is 12.6 Å². The van der Waals surface area contributed by atoms with Crippen molar-refractivity contribution in [1.29, 1.82) is 0 Å². The van der Waals surface area contributed by atoms with Crippen LogP contribution in [0.25, 0.3) is 0 Å². The zero-order valence-electron chi connectivity index (χ0n) is 16.7. The fourth-order valence-corrected chi connectivity index (χ4v) is 2.68. The number of ether oxygens (including phenoxy) is 3. The van der Waals surface area contributed by atoms with Crippen LogP contribution in [0, 0.1) is 5.92 Å². The van der Waals surface area contributed by atoms with Crippen LogP contribution in [0.2, 0.25) is 0 Å². The van der Waals surface area contributed by atoms with Crippen LogP contribution in [-0.2, 0) is 16.1 Å². The van der Waals surface area contributed by atoms with Crippen LogP contribution in [0.15, 0.2) is 48.5 Å². The number of esters is 1. The molecule has 2 atom stereocenters. The molecule has 0 radical (unpaired) electrons. The number of carbonyl (C=O) groups is 2. The topological polar surface area (TPSA) is 73.9 Å². The van der Waals surface area contributed by atoms with Gasteiger partial charge in [-0.1, -0.05) is 50.6 Å². The first-order valence-corrected chi connectivity index (χ1v) is 9.23. The minimum absolute atomic E-state index is 0.0493. The van der Waals surface area contributed by atoms with Gasteiger partial charge in [0.2, 0.25) is 0 Å². The molecule has 0 aliphatic carbocycles. The monoisotopic (exact) mass is 385 g/mol. The molecule has 0 fully saturated rings. The van der Waals surface area contributed by atoms with E-state index < -0.39 is 12.0 Å². The molecule has 2 aromatic carbocycles. The molecule has 0 saturated heterocycles. The summed E-state index contributed by atoms with van der Waals surface area (Å²) >= 11 is 0. The summed E-state index contributed by atoms with van der Waals surface area (Å²) in [7, 11) is 2.83. The van der Waals surface area contributed by atoms with E-state index in [4.69, 9.17) is 14.2 Å². The maximum Gasteiger partial charge on any atom is 0.328 e. The van der Waals surface area contributed by atoms with Crippen LogP contribution in [0.1, 0.15) is 36.2 Å². The maximum atomic E-state index is 12.6. The van der Waals surface area contributed by atoms with Crippen molar-refractivity contribution in [1.82, 2.24) is 5.32 Å². The zero-order chi connectivity index (χ0) is 20.5. The molecular formula is C22H27NO5. The lowest BCUT2D eigenvalue weighted by Gasteiger charge is -2.22. The summed E-state index contributed by atoms with van der Waals surface area (Å²) < 4.78 is 16.0. The summed E-state index contributed by atoms with van der Waals surface area (Å²) in [6.45, 7) is 4.23.